The van der Waals surface area contributed by atoms with Gasteiger partial charge in [0, 0.05) is 33.5 Å². The third-order valence-electron chi connectivity index (χ3n) is 4.45. The highest BCUT2D eigenvalue weighted by molar-refractivity contribution is 14.1. The lowest BCUT2D eigenvalue weighted by atomic mass is 9.94. The molecule has 0 amide bonds. The number of rotatable bonds is 5. The van der Waals surface area contributed by atoms with Gasteiger partial charge in [0.1, 0.15) is 17.4 Å². The number of halogens is 6. The molecule has 158 valence electrons. The second kappa shape index (κ2) is 8.79. The summed E-state index contributed by atoms with van der Waals surface area (Å²) in [6, 6.07) is 10.6. The lowest BCUT2D eigenvalue weighted by Crippen LogP contribution is -2.26. The molecule has 0 aliphatic carbocycles. The van der Waals surface area contributed by atoms with Gasteiger partial charge in [0.2, 0.25) is 0 Å². The highest BCUT2D eigenvalue weighted by Crippen LogP contribution is 2.43. The summed E-state index contributed by atoms with van der Waals surface area (Å²) < 4.78 is 72.5. The average molecular weight is 533 g/mol. The Morgan fingerprint density at radius 3 is 2.20 bits per heavy atom. The Balaban J connectivity index is 2.19. The van der Waals surface area contributed by atoms with Crippen LogP contribution in [-0.2, 0) is 0 Å². The Hall–Kier alpha value is -2.36. The van der Waals surface area contributed by atoms with Crippen molar-refractivity contribution in [2.75, 3.05) is 13.2 Å². The monoisotopic (exact) mass is 533 g/mol. The molecule has 1 aliphatic rings. The molecule has 8 heteroatoms. The van der Waals surface area contributed by atoms with Gasteiger partial charge < -0.3 is 9.64 Å². The Bertz CT molecular complexity index is 1000. The van der Waals surface area contributed by atoms with E-state index in [-0.39, 0.29) is 11.3 Å². The first-order valence-electron chi connectivity index (χ1n) is 8.95. The van der Waals surface area contributed by atoms with Crippen LogP contribution >= 0.6 is 22.6 Å². The molecule has 2 nitrogen and oxygen atoms in total. The van der Waals surface area contributed by atoms with Crippen LogP contribution in [0.15, 0.2) is 64.4 Å². The second-order valence-corrected chi connectivity index (χ2v) is 7.64. The third kappa shape index (κ3) is 4.69. The van der Waals surface area contributed by atoms with E-state index in [4.69, 9.17) is 0 Å². The summed E-state index contributed by atoms with van der Waals surface area (Å²) in [6.45, 7) is 4.57. The zero-order chi connectivity index (χ0) is 22.1. The van der Waals surface area contributed by atoms with Crippen LogP contribution in [0.4, 0.5) is 22.0 Å². The first-order valence-corrected chi connectivity index (χ1v) is 10.0. The number of hydrogen-bond donors (Lipinski definition) is 0. The van der Waals surface area contributed by atoms with E-state index in [9.17, 15) is 13.2 Å². The molecule has 0 N–H and O–H groups in total. The second-order valence-electron chi connectivity index (χ2n) is 6.48. The van der Waals surface area contributed by atoms with Crippen molar-refractivity contribution in [3.05, 3.63) is 87.2 Å². The topological polar surface area (TPSA) is 12.5 Å². The van der Waals surface area contributed by atoms with Gasteiger partial charge in [0.25, 0.3) is 0 Å². The lowest BCUT2D eigenvalue weighted by Gasteiger charge is -2.34. The zero-order valence-electron chi connectivity index (χ0n) is 15.9. The van der Waals surface area contributed by atoms with Gasteiger partial charge in [0.05, 0.1) is 11.3 Å². The smallest absolute Gasteiger partial charge is 0.422 e. The SMILES string of the molecule is C=C1C(I)=CC(c2ccccc2)=C(c2c(F)cc(OCC(F)(F)F)cc2F)N1CC. The van der Waals surface area contributed by atoms with Gasteiger partial charge in [-0.15, -0.1) is 0 Å². The number of ether oxygens (including phenoxy) is 1. The highest BCUT2D eigenvalue weighted by atomic mass is 127. The lowest BCUT2D eigenvalue weighted by molar-refractivity contribution is -0.153. The van der Waals surface area contributed by atoms with E-state index in [2.05, 4.69) is 33.9 Å². The van der Waals surface area contributed by atoms with Gasteiger partial charge in [-0.2, -0.15) is 13.2 Å². The number of hydrogen-bond acceptors (Lipinski definition) is 2. The molecule has 0 aromatic heterocycles. The molecule has 0 unspecified atom stereocenters. The molecule has 1 aliphatic heterocycles. The van der Waals surface area contributed by atoms with E-state index in [1.54, 1.807) is 23.1 Å². The molecule has 0 saturated carbocycles. The Labute approximate surface area is 184 Å². The molecule has 30 heavy (non-hydrogen) atoms. The fourth-order valence-electron chi connectivity index (χ4n) is 3.17. The zero-order valence-corrected chi connectivity index (χ0v) is 18.0. The van der Waals surface area contributed by atoms with E-state index >= 15 is 8.78 Å². The van der Waals surface area contributed by atoms with Crippen molar-refractivity contribution in [3.8, 4) is 5.75 Å². The van der Waals surface area contributed by atoms with Crippen molar-refractivity contribution < 1.29 is 26.7 Å². The molecule has 1 heterocycles. The summed E-state index contributed by atoms with van der Waals surface area (Å²) in [4.78, 5) is 1.68. The Morgan fingerprint density at radius 2 is 1.67 bits per heavy atom. The van der Waals surface area contributed by atoms with Gasteiger partial charge in [0.15, 0.2) is 6.61 Å². The minimum Gasteiger partial charge on any atom is -0.484 e. The molecule has 0 atom stereocenters. The van der Waals surface area contributed by atoms with Crippen molar-refractivity contribution in [3.63, 3.8) is 0 Å². The molecule has 2 aromatic carbocycles. The van der Waals surface area contributed by atoms with E-state index < -0.39 is 30.2 Å². The van der Waals surface area contributed by atoms with E-state index in [0.29, 0.717) is 17.8 Å². The predicted molar refractivity (Wildman–Crippen MR) is 115 cm³/mol. The Morgan fingerprint density at radius 1 is 1.07 bits per heavy atom. The van der Waals surface area contributed by atoms with Gasteiger partial charge in [-0.3, -0.25) is 0 Å². The molecule has 0 fully saturated rings. The van der Waals surface area contributed by atoms with Crippen LogP contribution in [-0.4, -0.2) is 24.2 Å². The largest absolute Gasteiger partial charge is 0.484 e. The van der Waals surface area contributed by atoms with Crippen molar-refractivity contribution in [1.82, 2.24) is 4.90 Å². The number of allylic oxidation sites excluding steroid dienone is 3. The van der Waals surface area contributed by atoms with Crippen LogP contribution < -0.4 is 4.74 Å². The minimum atomic E-state index is -4.61. The van der Waals surface area contributed by atoms with Crippen molar-refractivity contribution in [1.29, 1.82) is 0 Å². The van der Waals surface area contributed by atoms with Crippen LogP contribution in [0.1, 0.15) is 18.1 Å². The molecule has 0 bridgehead atoms. The highest BCUT2D eigenvalue weighted by Gasteiger charge is 2.31. The van der Waals surface area contributed by atoms with Crippen LogP contribution in [0, 0.1) is 11.6 Å². The summed E-state index contributed by atoms with van der Waals surface area (Å²) in [6.07, 6.45) is -2.83. The number of alkyl halides is 3. The normalized spacial score (nSPS) is 14.8. The van der Waals surface area contributed by atoms with Gasteiger partial charge in [-0.25, -0.2) is 8.78 Å². The summed E-state index contributed by atoms with van der Waals surface area (Å²) in [5, 5.41) is 0. The summed E-state index contributed by atoms with van der Waals surface area (Å²) in [7, 11) is 0. The van der Waals surface area contributed by atoms with Gasteiger partial charge in [-0.05, 0) is 41.2 Å². The van der Waals surface area contributed by atoms with Crippen LogP contribution in [0.25, 0.3) is 11.3 Å². The molecule has 3 rings (SSSR count). The first kappa shape index (κ1) is 22.3. The summed E-state index contributed by atoms with van der Waals surface area (Å²) in [5.74, 6) is -2.57. The number of likely N-dealkylation sites (N-methyl/N-ethyl adjacent to an activating group) is 1. The van der Waals surface area contributed by atoms with Gasteiger partial charge in [-0.1, -0.05) is 36.9 Å². The molecule has 0 spiro atoms. The predicted octanol–water partition coefficient (Wildman–Crippen LogP) is 6.94. The molecule has 0 saturated heterocycles. The maximum absolute atomic E-state index is 15.0. The number of nitrogens with zero attached hydrogens (tertiary/aromatic N) is 1. The van der Waals surface area contributed by atoms with Crippen LogP contribution in [0.3, 0.4) is 0 Å². The molecule has 2 aromatic rings. The molecular formula is C22H17F5INO. The summed E-state index contributed by atoms with van der Waals surface area (Å²) in [5.41, 5.74) is 1.80. The summed E-state index contributed by atoms with van der Waals surface area (Å²) >= 11 is 2.11. The van der Waals surface area contributed by atoms with Gasteiger partial charge >= 0.3 is 6.18 Å². The van der Waals surface area contributed by atoms with Crippen LogP contribution in [0.2, 0.25) is 0 Å². The average Bonchev–Trinajstić information content (AvgIpc) is 2.68. The maximum Gasteiger partial charge on any atom is 0.422 e. The molecular weight excluding hydrogens is 516 g/mol. The maximum atomic E-state index is 15.0. The van der Waals surface area contributed by atoms with Crippen molar-refractivity contribution in [2.24, 2.45) is 0 Å². The fourth-order valence-corrected chi connectivity index (χ4v) is 3.77. The standard InChI is InChI=1S/C22H17F5INO/c1-3-29-13(2)19(28)11-16(14-7-5-4-6-8-14)21(29)20-17(23)9-15(10-18(20)24)30-12-22(25,26)27/h4-11H,2-3,12H2,1H3. The minimum absolute atomic E-state index is 0.256. The first-order chi connectivity index (χ1) is 14.1. The van der Waals surface area contributed by atoms with E-state index in [1.807, 2.05) is 25.1 Å². The Kier molecular flexibility index (Phi) is 6.54. The van der Waals surface area contributed by atoms with E-state index in [1.165, 1.54) is 0 Å². The van der Waals surface area contributed by atoms with E-state index in [0.717, 1.165) is 21.3 Å². The molecule has 0 radical (unpaired) electrons. The number of benzene rings is 2. The van der Waals surface area contributed by atoms with Crippen LogP contribution in [0.5, 0.6) is 5.75 Å². The van der Waals surface area contributed by atoms with Crippen molar-refractivity contribution >= 4 is 33.9 Å². The fraction of sp³-hybridized carbons (Fsp3) is 0.182. The van der Waals surface area contributed by atoms with Crippen molar-refractivity contribution in [2.45, 2.75) is 13.1 Å². The third-order valence-corrected chi connectivity index (χ3v) is 5.39. The quantitative estimate of drug-likeness (QED) is 0.305.